The topological polar surface area (TPSA) is 81.1 Å². The average Bonchev–Trinajstić information content (AvgIpc) is 2.16. The minimum atomic E-state index is -4.02. The summed E-state index contributed by atoms with van der Waals surface area (Å²) in [5.41, 5.74) is 0. The molecule has 1 aliphatic heterocycles. The first kappa shape index (κ1) is 12.4. The molecule has 0 radical (unpaired) electrons. The molecule has 7 heteroatoms. The first-order chi connectivity index (χ1) is 7.01. The van der Waals surface area contributed by atoms with Crippen molar-refractivity contribution in [2.24, 2.45) is 0 Å². The quantitative estimate of drug-likeness (QED) is 0.607. The zero-order valence-electron chi connectivity index (χ0n) is 8.41. The van der Waals surface area contributed by atoms with E-state index in [4.69, 9.17) is 9.66 Å². The average molecular weight is 236 g/mol. The molecule has 0 spiro atoms. The molecule has 0 saturated carbocycles. The van der Waals surface area contributed by atoms with Crippen LogP contribution in [0.5, 0.6) is 0 Å². The van der Waals surface area contributed by atoms with Gasteiger partial charge in [-0.2, -0.15) is 8.42 Å². The standard InChI is InChI=1S/C8H16N2O4S/c11-7-5-9-1-3-10(4-2-9)6-8-15(12,13)14/h6,8,11H,1-5,7H2,(H,12,13,14)/b8-6+. The van der Waals surface area contributed by atoms with Crippen LogP contribution in [-0.4, -0.2) is 67.2 Å². The number of aliphatic hydroxyl groups excluding tert-OH is 1. The van der Waals surface area contributed by atoms with E-state index in [1.165, 1.54) is 6.20 Å². The predicted molar refractivity (Wildman–Crippen MR) is 55.8 cm³/mol. The van der Waals surface area contributed by atoms with Gasteiger partial charge in [0, 0.05) is 38.9 Å². The fraction of sp³-hybridized carbons (Fsp3) is 0.750. The highest BCUT2D eigenvalue weighted by Gasteiger charge is 2.13. The van der Waals surface area contributed by atoms with E-state index in [0.717, 1.165) is 18.5 Å². The van der Waals surface area contributed by atoms with Crippen molar-refractivity contribution in [1.29, 1.82) is 0 Å². The third kappa shape index (κ3) is 5.12. The largest absolute Gasteiger partial charge is 0.395 e. The first-order valence-corrected chi connectivity index (χ1v) is 6.24. The van der Waals surface area contributed by atoms with E-state index >= 15 is 0 Å². The summed E-state index contributed by atoms with van der Waals surface area (Å²) in [6.07, 6.45) is 1.38. The molecule has 0 aromatic heterocycles. The van der Waals surface area contributed by atoms with Crippen molar-refractivity contribution in [3.8, 4) is 0 Å². The molecule has 0 aromatic carbocycles. The van der Waals surface area contributed by atoms with Crippen LogP contribution in [-0.2, 0) is 10.1 Å². The maximum absolute atomic E-state index is 10.4. The van der Waals surface area contributed by atoms with Gasteiger partial charge in [-0.15, -0.1) is 0 Å². The Morgan fingerprint density at radius 3 is 2.27 bits per heavy atom. The maximum Gasteiger partial charge on any atom is 0.289 e. The molecule has 2 N–H and O–H groups in total. The van der Waals surface area contributed by atoms with Crippen molar-refractivity contribution in [2.75, 3.05) is 39.3 Å². The molecule has 0 unspecified atom stereocenters. The normalized spacial score (nSPS) is 20.0. The second kappa shape index (κ2) is 5.45. The predicted octanol–water partition coefficient (Wildman–Crippen LogP) is -1.04. The lowest BCUT2D eigenvalue weighted by atomic mass is 10.3. The molecule has 1 fully saturated rings. The van der Waals surface area contributed by atoms with Crippen LogP contribution in [0.25, 0.3) is 0 Å². The van der Waals surface area contributed by atoms with Gasteiger partial charge in [0.1, 0.15) is 0 Å². The molecule has 1 aliphatic rings. The molecule has 0 amide bonds. The van der Waals surface area contributed by atoms with Crippen LogP contribution in [0.3, 0.4) is 0 Å². The Balaban J connectivity index is 2.35. The summed E-state index contributed by atoms with van der Waals surface area (Å²) in [4.78, 5) is 3.92. The highest BCUT2D eigenvalue weighted by Crippen LogP contribution is 2.02. The smallest absolute Gasteiger partial charge is 0.289 e. The van der Waals surface area contributed by atoms with Crippen molar-refractivity contribution < 1.29 is 18.1 Å². The Morgan fingerprint density at radius 1 is 1.20 bits per heavy atom. The molecule has 6 nitrogen and oxygen atoms in total. The van der Waals surface area contributed by atoms with Crippen molar-refractivity contribution in [3.05, 3.63) is 11.6 Å². The second-order valence-electron chi connectivity index (χ2n) is 3.40. The molecular weight excluding hydrogens is 220 g/mol. The Hall–Kier alpha value is -0.630. The summed E-state index contributed by atoms with van der Waals surface area (Å²) in [5, 5.41) is 9.50. The molecule has 0 aliphatic carbocycles. The summed E-state index contributed by atoms with van der Waals surface area (Å²) >= 11 is 0. The van der Waals surface area contributed by atoms with E-state index in [1.54, 1.807) is 0 Å². The third-order valence-corrected chi connectivity index (χ3v) is 2.73. The molecule has 1 saturated heterocycles. The summed E-state index contributed by atoms with van der Waals surface area (Å²) in [5.74, 6) is 0. The Labute approximate surface area is 89.5 Å². The van der Waals surface area contributed by atoms with Crippen LogP contribution < -0.4 is 0 Å². The number of aliphatic hydroxyl groups is 1. The maximum atomic E-state index is 10.4. The van der Waals surface area contributed by atoms with Crippen molar-refractivity contribution in [2.45, 2.75) is 0 Å². The van der Waals surface area contributed by atoms with Gasteiger partial charge in [-0.3, -0.25) is 9.45 Å². The Morgan fingerprint density at radius 2 is 1.80 bits per heavy atom. The van der Waals surface area contributed by atoms with Crippen LogP contribution in [0.1, 0.15) is 0 Å². The molecule has 0 atom stereocenters. The Bertz CT molecular complexity index is 307. The summed E-state index contributed by atoms with van der Waals surface area (Å²) in [6.45, 7) is 3.77. The van der Waals surface area contributed by atoms with Crippen LogP contribution in [0, 0.1) is 0 Å². The molecule has 15 heavy (non-hydrogen) atoms. The van der Waals surface area contributed by atoms with Gasteiger partial charge in [-0.25, -0.2) is 0 Å². The number of rotatable bonds is 4. The second-order valence-corrected chi connectivity index (χ2v) is 4.70. The van der Waals surface area contributed by atoms with Gasteiger partial charge in [0.15, 0.2) is 0 Å². The van der Waals surface area contributed by atoms with E-state index in [-0.39, 0.29) is 6.61 Å². The summed E-state index contributed by atoms with van der Waals surface area (Å²) < 4.78 is 29.4. The van der Waals surface area contributed by atoms with Crippen molar-refractivity contribution >= 4 is 10.1 Å². The minimum absolute atomic E-state index is 0.140. The van der Waals surface area contributed by atoms with E-state index < -0.39 is 10.1 Å². The number of hydrogen-bond donors (Lipinski definition) is 2. The van der Waals surface area contributed by atoms with Crippen LogP contribution in [0.4, 0.5) is 0 Å². The fourth-order valence-electron chi connectivity index (χ4n) is 1.44. The van der Waals surface area contributed by atoms with Crippen LogP contribution in [0.15, 0.2) is 11.6 Å². The molecule has 0 bridgehead atoms. The lowest BCUT2D eigenvalue weighted by Gasteiger charge is -2.33. The molecular formula is C8H16N2O4S. The molecule has 88 valence electrons. The zero-order valence-corrected chi connectivity index (χ0v) is 9.23. The third-order valence-electron chi connectivity index (χ3n) is 2.27. The van der Waals surface area contributed by atoms with E-state index in [1.807, 2.05) is 4.90 Å². The molecule has 1 heterocycles. The zero-order chi connectivity index (χ0) is 11.3. The van der Waals surface area contributed by atoms with Gasteiger partial charge in [0.05, 0.1) is 12.0 Å². The van der Waals surface area contributed by atoms with Gasteiger partial charge >= 0.3 is 0 Å². The van der Waals surface area contributed by atoms with Gasteiger partial charge in [-0.05, 0) is 0 Å². The SMILES string of the molecule is O=S(=O)(O)/C=C/N1CCN(CCO)CC1. The number of hydrogen-bond acceptors (Lipinski definition) is 5. The van der Waals surface area contributed by atoms with E-state index in [2.05, 4.69) is 4.90 Å². The van der Waals surface area contributed by atoms with Crippen molar-refractivity contribution in [3.63, 3.8) is 0 Å². The van der Waals surface area contributed by atoms with E-state index in [0.29, 0.717) is 19.6 Å². The summed E-state index contributed by atoms with van der Waals surface area (Å²) in [6, 6.07) is 0. The van der Waals surface area contributed by atoms with Gasteiger partial charge in [-0.1, -0.05) is 0 Å². The number of piperazine rings is 1. The lowest BCUT2D eigenvalue weighted by Crippen LogP contribution is -2.44. The first-order valence-electron chi connectivity index (χ1n) is 4.74. The number of β-amino-alcohol motifs (C(OH)–C–C–N with tert-alkyl or cyclic N) is 1. The highest BCUT2D eigenvalue weighted by atomic mass is 32.2. The number of nitrogens with zero attached hydrogens (tertiary/aromatic N) is 2. The molecule has 0 aromatic rings. The lowest BCUT2D eigenvalue weighted by molar-refractivity contribution is 0.138. The van der Waals surface area contributed by atoms with E-state index in [9.17, 15) is 8.42 Å². The minimum Gasteiger partial charge on any atom is -0.395 e. The Kier molecular flexibility index (Phi) is 4.52. The van der Waals surface area contributed by atoms with Crippen molar-refractivity contribution in [1.82, 2.24) is 9.80 Å². The van der Waals surface area contributed by atoms with Crippen LogP contribution >= 0.6 is 0 Å². The van der Waals surface area contributed by atoms with Gasteiger partial charge < -0.3 is 10.0 Å². The van der Waals surface area contributed by atoms with Gasteiger partial charge in [0.2, 0.25) is 0 Å². The van der Waals surface area contributed by atoms with Gasteiger partial charge in [0.25, 0.3) is 10.1 Å². The highest BCUT2D eigenvalue weighted by molar-refractivity contribution is 7.88. The summed E-state index contributed by atoms with van der Waals surface area (Å²) in [7, 11) is -4.02. The monoisotopic (exact) mass is 236 g/mol. The van der Waals surface area contributed by atoms with Crippen LogP contribution in [0.2, 0.25) is 0 Å². The fourth-order valence-corrected chi connectivity index (χ4v) is 1.77. The molecule has 1 rings (SSSR count).